The molecule has 25 heavy (non-hydrogen) atoms. The number of carbonyl (C=O) groups is 1. The third kappa shape index (κ3) is 4.67. The van der Waals surface area contributed by atoms with Crippen molar-refractivity contribution in [1.82, 2.24) is 20.6 Å². The van der Waals surface area contributed by atoms with Crippen LogP contribution in [-0.2, 0) is 6.42 Å². The lowest BCUT2D eigenvalue weighted by atomic mass is 10.1. The van der Waals surface area contributed by atoms with Gasteiger partial charge in [-0.15, -0.1) is 0 Å². The molecule has 1 unspecified atom stereocenters. The van der Waals surface area contributed by atoms with E-state index < -0.39 is 0 Å². The number of hydrogen-bond acceptors (Lipinski definition) is 6. The summed E-state index contributed by atoms with van der Waals surface area (Å²) in [5.74, 6) is 0.646. The van der Waals surface area contributed by atoms with Crippen molar-refractivity contribution in [2.45, 2.75) is 25.8 Å². The van der Waals surface area contributed by atoms with Crippen LogP contribution in [0.3, 0.4) is 0 Å². The molecule has 1 aromatic carbocycles. The molecule has 1 aliphatic heterocycles. The molecule has 1 fully saturated rings. The molecular formula is C18H23N5O2. The molecule has 0 saturated carbocycles. The van der Waals surface area contributed by atoms with E-state index in [0.717, 1.165) is 37.1 Å². The third-order valence-corrected chi connectivity index (χ3v) is 4.28. The van der Waals surface area contributed by atoms with E-state index in [4.69, 9.17) is 0 Å². The summed E-state index contributed by atoms with van der Waals surface area (Å²) in [7, 11) is 0. The van der Waals surface area contributed by atoms with Crippen molar-refractivity contribution in [1.29, 1.82) is 0 Å². The van der Waals surface area contributed by atoms with Gasteiger partial charge in [0.2, 0.25) is 5.95 Å². The Morgan fingerprint density at radius 1 is 1.36 bits per heavy atom. The van der Waals surface area contributed by atoms with Gasteiger partial charge in [0.1, 0.15) is 5.75 Å². The Balaban J connectivity index is 1.48. The van der Waals surface area contributed by atoms with E-state index in [2.05, 4.69) is 25.9 Å². The van der Waals surface area contributed by atoms with E-state index in [1.54, 1.807) is 6.07 Å². The average Bonchev–Trinajstić information content (AvgIpc) is 3.11. The molecule has 0 aliphatic carbocycles. The number of phenolic OH excluding ortho intramolecular Hbond substituents is 1. The molecule has 2 heterocycles. The summed E-state index contributed by atoms with van der Waals surface area (Å²) in [6.07, 6.45) is 4.75. The molecule has 0 spiro atoms. The van der Waals surface area contributed by atoms with Gasteiger partial charge in [-0.25, -0.2) is 9.97 Å². The number of nitrogens with one attached hydrogen (secondary N) is 3. The molecule has 1 saturated heterocycles. The van der Waals surface area contributed by atoms with Gasteiger partial charge in [0.05, 0.1) is 5.56 Å². The second-order valence-corrected chi connectivity index (χ2v) is 6.26. The molecule has 1 aliphatic rings. The zero-order valence-electron chi connectivity index (χ0n) is 14.2. The van der Waals surface area contributed by atoms with Gasteiger partial charge in [-0.2, -0.15) is 0 Å². The van der Waals surface area contributed by atoms with Crippen LogP contribution in [0.4, 0.5) is 5.95 Å². The highest BCUT2D eigenvalue weighted by Gasteiger charge is 2.17. The van der Waals surface area contributed by atoms with Crippen LogP contribution in [0.1, 0.15) is 27.9 Å². The fraction of sp³-hybridized carbons (Fsp3) is 0.389. The van der Waals surface area contributed by atoms with E-state index in [0.29, 0.717) is 23.8 Å². The molecule has 1 atom stereocenters. The van der Waals surface area contributed by atoms with E-state index in [1.165, 1.54) is 12.4 Å². The maximum Gasteiger partial charge on any atom is 0.254 e. The largest absolute Gasteiger partial charge is 0.508 e. The summed E-state index contributed by atoms with van der Waals surface area (Å²) in [4.78, 5) is 20.5. The van der Waals surface area contributed by atoms with Crippen LogP contribution in [0, 0.1) is 6.92 Å². The molecular weight excluding hydrogens is 318 g/mol. The van der Waals surface area contributed by atoms with Crippen molar-refractivity contribution in [2.24, 2.45) is 0 Å². The number of carbonyl (C=O) groups excluding carboxylic acids is 1. The molecule has 4 N–H and O–H groups in total. The topological polar surface area (TPSA) is 99.2 Å². The van der Waals surface area contributed by atoms with E-state index in [-0.39, 0.29) is 11.9 Å². The zero-order chi connectivity index (χ0) is 17.6. The molecule has 132 valence electrons. The summed E-state index contributed by atoms with van der Waals surface area (Å²) in [6, 6.07) is 5.83. The summed E-state index contributed by atoms with van der Waals surface area (Å²) in [5.41, 5.74) is 2.36. The fourth-order valence-electron chi connectivity index (χ4n) is 2.71. The second kappa shape index (κ2) is 7.94. The zero-order valence-corrected chi connectivity index (χ0v) is 14.2. The first kappa shape index (κ1) is 17.2. The number of phenols is 1. The van der Waals surface area contributed by atoms with Crippen molar-refractivity contribution in [2.75, 3.05) is 25.0 Å². The number of rotatable bonds is 6. The Morgan fingerprint density at radius 3 is 2.84 bits per heavy atom. The molecule has 3 rings (SSSR count). The van der Waals surface area contributed by atoms with Crippen LogP contribution >= 0.6 is 0 Å². The maximum atomic E-state index is 12.1. The summed E-state index contributed by atoms with van der Waals surface area (Å²) < 4.78 is 0. The Hall–Kier alpha value is -2.67. The van der Waals surface area contributed by atoms with Crippen LogP contribution in [0.5, 0.6) is 5.75 Å². The maximum absolute atomic E-state index is 12.1. The van der Waals surface area contributed by atoms with Gasteiger partial charge >= 0.3 is 0 Å². The minimum atomic E-state index is -0.143. The normalized spacial score (nSPS) is 16.6. The number of hydrogen-bond donors (Lipinski definition) is 4. The predicted octanol–water partition coefficient (Wildman–Crippen LogP) is 1.24. The van der Waals surface area contributed by atoms with Crippen molar-refractivity contribution in [3.63, 3.8) is 0 Å². The van der Waals surface area contributed by atoms with Crippen molar-refractivity contribution >= 4 is 11.9 Å². The summed E-state index contributed by atoms with van der Waals surface area (Å²) in [6.45, 7) is 4.25. The molecule has 0 bridgehead atoms. The Morgan fingerprint density at radius 2 is 2.16 bits per heavy atom. The Labute approximate surface area is 146 Å². The van der Waals surface area contributed by atoms with Crippen LogP contribution in [-0.4, -0.2) is 46.7 Å². The van der Waals surface area contributed by atoms with Gasteiger partial charge in [-0.1, -0.05) is 12.1 Å². The molecule has 0 radical (unpaired) electrons. The first-order chi connectivity index (χ1) is 12.1. The minimum absolute atomic E-state index is 0.143. The molecule has 7 heteroatoms. The third-order valence-electron chi connectivity index (χ3n) is 4.28. The number of benzene rings is 1. The van der Waals surface area contributed by atoms with Crippen molar-refractivity contribution in [3.05, 3.63) is 47.3 Å². The number of aryl methyl sites for hydroxylation is 1. The monoisotopic (exact) mass is 341 g/mol. The predicted molar refractivity (Wildman–Crippen MR) is 95.8 cm³/mol. The molecule has 7 nitrogen and oxygen atoms in total. The minimum Gasteiger partial charge on any atom is -0.508 e. The second-order valence-electron chi connectivity index (χ2n) is 6.26. The van der Waals surface area contributed by atoms with E-state index >= 15 is 0 Å². The lowest BCUT2D eigenvalue weighted by Gasteiger charge is -2.11. The van der Waals surface area contributed by atoms with E-state index in [1.807, 2.05) is 19.1 Å². The van der Waals surface area contributed by atoms with Gasteiger partial charge in [0.15, 0.2) is 0 Å². The van der Waals surface area contributed by atoms with Gasteiger partial charge in [0.25, 0.3) is 5.91 Å². The fourth-order valence-corrected chi connectivity index (χ4v) is 2.71. The quantitative estimate of drug-likeness (QED) is 0.631. The van der Waals surface area contributed by atoms with Gasteiger partial charge in [0, 0.05) is 31.5 Å². The number of anilines is 1. The molecule has 1 aromatic heterocycles. The van der Waals surface area contributed by atoms with Gasteiger partial charge in [-0.3, -0.25) is 4.79 Å². The SMILES string of the molecule is Cc1ccc(CCNc2ncc(C(=O)NC3CCNC3)cn2)cc1O. The molecule has 1 amide bonds. The van der Waals surface area contributed by atoms with Crippen LogP contribution in [0.2, 0.25) is 0 Å². The number of aromatic nitrogens is 2. The van der Waals surface area contributed by atoms with Crippen LogP contribution < -0.4 is 16.0 Å². The smallest absolute Gasteiger partial charge is 0.254 e. The molecule has 2 aromatic rings. The number of amides is 1. The standard InChI is InChI=1S/C18H23N5O2/c1-12-2-3-13(8-16(12)24)4-7-20-18-21-9-14(10-22-18)17(25)23-15-5-6-19-11-15/h2-3,8-10,15,19,24H,4-7,11H2,1H3,(H,23,25)(H,20,21,22). The van der Waals surface area contributed by atoms with Crippen LogP contribution in [0.25, 0.3) is 0 Å². The van der Waals surface area contributed by atoms with Gasteiger partial charge < -0.3 is 21.1 Å². The first-order valence-corrected chi connectivity index (χ1v) is 8.48. The highest BCUT2D eigenvalue weighted by Crippen LogP contribution is 2.17. The van der Waals surface area contributed by atoms with Crippen LogP contribution in [0.15, 0.2) is 30.6 Å². The number of aromatic hydroxyl groups is 1. The Bertz CT molecular complexity index is 727. The summed E-state index contributed by atoms with van der Waals surface area (Å²) >= 11 is 0. The lowest BCUT2D eigenvalue weighted by Crippen LogP contribution is -2.36. The summed E-state index contributed by atoms with van der Waals surface area (Å²) in [5, 5.41) is 19.0. The Kier molecular flexibility index (Phi) is 5.45. The highest BCUT2D eigenvalue weighted by atomic mass is 16.3. The lowest BCUT2D eigenvalue weighted by molar-refractivity contribution is 0.0939. The first-order valence-electron chi connectivity index (χ1n) is 8.48. The average molecular weight is 341 g/mol. The van der Waals surface area contributed by atoms with E-state index in [9.17, 15) is 9.90 Å². The highest BCUT2D eigenvalue weighted by molar-refractivity contribution is 5.93. The van der Waals surface area contributed by atoms with Crippen molar-refractivity contribution in [3.8, 4) is 5.75 Å². The van der Waals surface area contributed by atoms with Crippen molar-refractivity contribution < 1.29 is 9.90 Å². The number of nitrogens with zero attached hydrogens (tertiary/aromatic N) is 2. The van der Waals surface area contributed by atoms with Gasteiger partial charge in [-0.05, 0) is 43.5 Å².